The van der Waals surface area contributed by atoms with Crippen molar-refractivity contribution in [3.8, 4) is 10.4 Å². The van der Waals surface area contributed by atoms with E-state index in [-0.39, 0.29) is 40.5 Å². The van der Waals surface area contributed by atoms with Gasteiger partial charge in [0.25, 0.3) is 5.91 Å². The third-order valence-corrected chi connectivity index (χ3v) is 8.36. The third kappa shape index (κ3) is 4.34. The smallest absolute Gasteiger partial charge is 0.262 e. The Labute approximate surface area is 204 Å². The van der Waals surface area contributed by atoms with Crippen molar-refractivity contribution < 1.29 is 23.5 Å². The van der Waals surface area contributed by atoms with Gasteiger partial charge in [-0.15, -0.1) is 22.9 Å². The molecule has 0 radical (unpaired) electrons. The summed E-state index contributed by atoms with van der Waals surface area (Å²) in [4.78, 5) is 49.0. The number of ether oxygens (including phenoxy) is 1. The first-order valence-corrected chi connectivity index (χ1v) is 12.6. The number of carbonyl (C=O) groups excluding carboxylic acids is 3. The number of nitrogens with zero attached hydrogens (tertiary/aromatic N) is 3. The highest BCUT2D eigenvalue weighted by Gasteiger charge is 2.53. The molecule has 8 nitrogen and oxygen atoms in total. The lowest BCUT2D eigenvalue weighted by atomic mass is 9.83. The van der Waals surface area contributed by atoms with Gasteiger partial charge in [0.1, 0.15) is 36.9 Å². The van der Waals surface area contributed by atoms with Crippen molar-refractivity contribution in [1.82, 2.24) is 20.2 Å². The summed E-state index contributed by atoms with van der Waals surface area (Å²) in [5.41, 5.74) is 0.472. The largest absolute Gasteiger partial charge is 0.366 e. The molecule has 3 aliphatic rings. The van der Waals surface area contributed by atoms with Crippen molar-refractivity contribution in [1.29, 1.82) is 0 Å². The lowest BCUT2D eigenvalue weighted by Crippen LogP contribution is -2.55. The normalized spacial score (nSPS) is 25.9. The molecule has 5 rings (SSSR count). The van der Waals surface area contributed by atoms with Crippen molar-refractivity contribution in [3.05, 3.63) is 35.5 Å². The molecular formula is C23H24ClFN4O4S. The number of nitrogens with one attached hydrogen (secondary N) is 1. The van der Waals surface area contributed by atoms with Gasteiger partial charge in [0.05, 0.1) is 15.1 Å². The van der Waals surface area contributed by atoms with E-state index in [0.717, 1.165) is 43.4 Å². The number of aromatic nitrogens is 2. The quantitative estimate of drug-likeness (QED) is 0.626. The Morgan fingerprint density at radius 1 is 1.24 bits per heavy atom. The monoisotopic (exact) mass is 506 g/mol. The number of likely N-dealkylation sites (tertiary alicyclic amines) is 1. The molecule has 1 unspecified atom stereocenters. The highest BCUT2D eigenvalue weighted by atomic mass is 35.5. The number of halogens is 2. The van der Waals surface area contributed by atoms with Crippen molar-refractivity contribution in [2.24, 2.45) is 5.92 Å². The van der Waals surface area contributed by atoms with E-state index in [2.05, 4.69) is 15.3 Å². The molecule has 2 aromatic heterocycles. The number of hydrogen-bond acceptors (Lipinski definition) is 7. The molecular weight excluding hydrogens is 483 g/mol. The van der Waals surface area contributed by atoms with E-state index >= 15 is 0 Å². The van der Waals surface area contributed by atoms with Gasteiger partial charge in [-0.25, -0.2) is 14.4 Å². The van der Waals surface area contributed by atoms with Crippen LogP contribution >= 0.6 is 22.9 Å². The van der Waals surface area contributed by atoms with E-state index in [0.29, 0.717) is 5.56 Å². The van der Waals surface area contributed by atoms with Crippen LogP contribution in [-0.4, -0.2) is 69.2 Å². The van der Waals surface area contributed by atoms with E-state index in [9.17, 15) is 18.8 Å². The number of carbonyl (C=O) groups is 3. The van der Waals surface area contributed by atoms with Crippen LogP contribution in [0.5, 0.6) is 0 Å². The van der Waals surface area contributed by atoms with Gasteiger partial charge in [-0.05, 0) is 24.8 Å². The summed E-state index contributed by atoms with van der Waals surface area (Å²) in [5.74, 6) is -1.65. The molecule has 180 valence electrons. The van der Waals surface area contributed by atoms with Crippen LogP contribution in [0, 0.1) is 11.7 Å². The number of Topliss-reactive ketones (excluding diaryl/α,β-unsaturated/α-hetero) is 1. The van der Waals surface area contributed by atoms with Gasteiger partial charge in [-0.2, -0.15) is 0 Å². The summed E-state index contributed by atoms with van der Waals surface area (Å²) in [6, 6.07) is -0.376. The van der Waals surface area contributed by atoms with E-state index < -0.39 is 35.3 Å². The summed E-state index contributed by atoms with van der Waals surface area (Å²) in [7, 11) is 0. The first kappa shape index (κ1) is 23.3. The Hall–Kier alpha value is -2.43. The number of ketones is 1. The van der Waals surface area contributed by atoms with E-state index in [4.69, 9.17) is 16.3 Å². The van der Waals surface area contributed by atoms with Crippen LogP contribution in [0.25, 0.3) is 10.4 Å². The molecule has 2 aliphatic heterocycles. The molecule has 0 spiro atoms. The molecule has 4 atom stereocenters. The zero-order valence-corrected chi connectivity index (χ0v) is 19.9. The molecule has 1 aliphatic carbocycles. The van der Waals surface area contributed by atoms with Crippen molar-refractivity contribution in [3.63, 3.8) is 0 Å². The second-order valence-electron chi connectivity index (χ2n) is 8.96. The van der Waals surface area contributed by atoms with Crippen LogP contribution in [0.15, 0.2) is 24.8 Å². The van der Waals surface area contributed by atoms with Gasteiger partial charge >= 0.3 is 0 Å². The summed E-state index contributed by atoms with van der Waals surface area (Å²) in [6.07, 6.45) is 8.35. The van der Waals surface area contributed by atoms with Gasteiger partial charge in [-0.3, -0.25) is 14.4 Å². The zero-order chi connectivity index (χ0) is 23.8. The summed E-state index contributed by atoms with van der Waals surface area (Å²) < 4.78 is 20.1. The van der Waals surface area contributed by atoms with E-state index in [1.165, 1.54) is 29.7 Å². The van der Waals surface area contributed by atoms with E-state index in [1.807, 2.05) is 0 Å². The topological polar surface area (TPSA) is 101 Å². The van der Waals surface area contributed by atoms with Gasteiger partial charge in [-0.1, -0.05) is 19.3 Å². The average Bonchev–Trinajstić information content (AvgIpc) is 3.53. The lowest BCUT2D eigenvalue weighted by molar-refractivity contribution is -0.139. The number of amides is 2. The van der Waals surface area contributed by atoms with Crippen LogP contribution in [0.4, 0.5) is 4.39 Å². The standard InChI is InChI=1S/C23H24ClFN4O4S/c24-14-9-29(19-16(30)10-33-20(14)19)23(32)18(12-4-2-1-3-5-12)28-22(31)17-6-15(25)21(34-17)13-7-26-11-27-8-13/h6-8,11-12,14,18-20H,1-5,9-10H2,(H,28,31)/t14-,18?,19+,20+/m0/s1. The van der Waals surface area contributed by atoms with Gasteiger partial charge in [0, 0.05) is 24.5 Å². The SMILES string of the molecule is O=C(NC(C(=O)N1C[C@H](Cl)[C@H]2OCC(=O)[C@H]21)C1CCCCC1)c1cc(F)c(-c2cncnc2)s1. The fourth-order valence-electron chi connectivity index (χ4n) is 5.16. The molecule has 4 heterocycles. The molecule has 2 saturated heterocycles. The van der Waals surface area contributed by atoms with Crippen LogP contribution in [0.1, 0.15) is 41.8 Å². The Balaban J connectivity index is 1.39. The molecule has 11 heteroatoms. The van der Waals surface area contributed by atoms with Crippen LogP contribution in [0.3, 0.4) is 0 Å². The fraction of sp³-hybridized carbons (Fsp3) is 0.522. The summed E-state index contributed by atoms with van der Waals surface area (Å²) in [5, 5.41) is 2.39. The lowest BCUT2D eigenvalue weighted by Gasteiger charge is -2.34. The maximum Gasteiger partial charge on any atom is 0.262 e. The minimum Gasteiger partial charge on any atom is -0.366 e. The van der Waals surface area contributed by atoms with Crippen molar-refractivity contribution in [2.75, 3.05) is 13.2 Å². The third-order valence-electron chi connectivity index (χ3n) is 6.81. The second kappa shape index (κ2) is 9.67. The van der Waals surface area contributed by atoms with Gasteiger partial charge < -0.3 is 15.0 Å². The molecule has 3 fully saturated rings. The number of fused-ring (bicyclic) bond motifs is 1. The van der Waals surface area contributed by atoms with Gasteiger partial charge in [0.15, 0.2) is 5.78 Å². The number of thiophene rings is 1. The molecule has 34 heavy (non-hydrogen) atoms. The summed E-state index contributed by atoms with van der Waals surface area (Å²) in [6.45, 7) is 0.121. The van der Waals surface area contributed by atoms with Crippen molar-refractivity contribution in [2.45, 2.75) is 55.7 Å². The fourth-order valence-corrected chi connectivity index (χ4v) is 6.43. The maximum absolute atomic E-state index is 14.6. The highest BCUT2D eigenvalue weighted by Crippen LogP contribution is 2.35. The Kier molecular flexibility index (Phi) is 6.63. The number of alkyl halides is 1. The van der Waals surface area contributed by atoms with Crippen molar-refractivity contribution >= 4 is 40.5 Å². The molecule has 1 saturated carbocycles. The van der Waals surface area contributed by atoms with Gasteiger partial charge in [0.2, 0.25) is 5.91 Å². The minimum absolute atomic E-state index is 0.0662. The first-order chi connectivity index (χ1) is 16.4. The Morgan fingerprint density at radius 3 is 2.71 bits per heavy atom. The molecule has 0 aromatic carbocycles. The Morgan fingerprint density at radius 2 is 1.97 bits per heavy atom. The second-order valence-corrected chi connectivity index (χ2v) is 10.6. The maximum atomic E-state index is 14.6. The number of hydrogen-bond donors (Lipinski definition) is 1. The first-order valence-electron chi connectivity index (χ1n) is 11.4. The average molecular weight is 507 g/mol. The molecule has 2 amide bonds. The number of rotatable bonds is 5. The summed E-state index contributed by atoms with van der Waals surface area (Å²) >= 11 is 7.36. The predicted molar refractivity (Wildman–Crippen MR) is 123 cm³/mol. The highest BCUT2D eigenvalue weighted by molar-refractivity contribution is 7.17. The van der Waals surface area contributed by atoms with Crippen LogP contribution < -0.4 is 5.32 Å². The van der Waals surface area contributed by atoms with Crippen LogP contribution in [0.2, 0.25) is 0 Å². The minimum atomic E-state index is -0.822. The molecule has 1 N–H and O–H groups in total. The van der Waals surface area contributed by atoms with Crippen LogP contribution in [-0.2, 0) is 14.3 Å². The predicted octanol–water partition coefficient (Wildman–Crippen LogP) is 2.81. The zero-order valence-electron chi connectivity index (χ0n) is 18.3. The Bertz CT molecular complexity index is 1090. The molecule has 0 bridgehead atoms. The molecule has 2 aromatic rings. The van der Waals surface area contributed by atoms with E-state index in [1.54, 1.807) is 0 Å².